The highest BCUT2D eigenvalue weighted by Gasteiger charge is 2.23. The summed E-state index contributed by atoms with van der Waals surface area (Å²) in [5, 5.41) is 0.317. The van der Waals surface area contributed by atoms with Crippen LogP contribution in [0.3, 0.4) is 0 Å². The van der Waals surface area contributed by atoms with Crippen LogP contribution in [0.15, 0.2) is 0 Å². The largest absolute Gasteiger partial charge is 0.281 e. The van der Waals surface area contributed by atoms with E-state index in [9.17, 15) is 4.79 Å². The van der Waals surface area contributed by atoms with Gasteiger partial charge in [-0.3, -0.25) is 4.79 Å². The van der Waals surface area contributed by atoms with Gasteiger partial charge in [-0.25, -0.2) is 0 Å². The van der Waals surface area contributed by atoms with Gasteiger partial charge in [-0.1, -0.05) is 29.8 Å². The molecule has 0 N–H and O–H groups in total. The van der Waals surface area contributed by atoms with Crippen LogP contribution >= 0.6 is 27.5 Å². The minimum atomic E-state index is -0.415. The summed E-state index contributed by atoms with van der Waals surface area (Å²) in [6, 6.07) is 0. The van der Waals surface area contributed by atoms with Crippen LogP contribution in [0.1, 0.15) is 13.8 Å². The molecule has 0 aliphatic rings. The lowest BCUT2D eigenvalue weighted by Crippen LogP contribution is -2.20. The summed E-state index contributed by atoms with van der Waals surface area (Å²) in [6.07, 6.45) is 0. The molecule has 0 saturated heterocycles. The lowest BCUT2D eigenvalue weighted by Gasteiger charge is -2.13. The second-order valence-electron chi connectivity index (χ2n) is 2.29. The van der Waals surface area contributed by atoms with Gasteiger partial charge < -0.3 is 0 Å². The van der Waals surface area contributed by atoms with Crippen molar-refractivity contribution in [2.45, 2.75) is 13.8 Å². The molecule has 0 heterocycles. The van der Waals surface area contributed by atoms with Gasteiger partial charge in [-0.15, -0.1) is 0 Å². The van der Waals surface area contributed by atoms with Crippen LogP contribution in [-0.4, -0.2) is 10.6 Å². The number of rotatable bonds is 2. The Bertz CT molecular complexity index is 101. The number of alkyl halides is 1. The molecule has 48 valence electrons. The highest BCUT2D eigenvalue weighted by molar-refractivity contribution is 9.09. The molecule has 3 heteroatoms. The molecule has 0 radical (unpaired) electrons. The Morgan fingerprint density at radius 1 is 1.75 bits per heavy atom. The van der Waals surface area contributed by atoms with Crippen LogP contribution in [0.25, 0.3) is 0 Å². The van der Waals surface area contributed by atoms with Crippen LogP contribution < -0.4 is 0 Å². The first-order chi connectivity index (χ1) is 3.50. The van der Waals surface area contributed by atoms with Crippen molar-refractivity contribution in [1.82, 2.24) is 0 Å². The molecule has 0 bridgehead atoms. The SMILES string of the molecule is CC(C)(CBr)C(=O)Cl. The maximum atomic E-state index is 10.4. The number of hydrogen-bond acceptors (Lipinski definition) is 1. The van der Waals surface area contributed by atoms with Crippen molar-refractivity contribution in [1.29, 1.82) is 0 Å². The predicted molar refractivity (Wildman–Crippen MR) is 38.4 cm³/mol. The van der Waals surface area contributed by atoms with Crippen molar-refractivity contribution in [3.63, 3.8) is 0 Å². The van der Waals surface area contributed by atoms with Crippen LogP contribution in [0.2, 0.25) is 0 Å². The van der Waals surface area contributed by atoms with E-state index in [0.717, 1.165) is 0 Å². The van der Waals surface area contributed by atoms with Crippen molar-refractivity contribution in [2.75, 3.05) is 5.33 Å². The first kappa shape index (κ1) is 8.44. The van der Waals surface area contributed by atoms with E-state index in [1.54, 1.807) is 13.8 Å². The van der Waals surface area contributed by atoms with Crippen molar-refractivity contribution < 1.29 is 4.79 Å². The van der Waals surface area contributed by atoms with Crippen LogP contribution in [-0.2, 0) is 4.79 Å². The van der Waals surface area contributed by atoms with Gasteiger partial charge in [0.05, 0.1) is 0 Å². The highest BCUT2D eigenvalue weighted by Crippen LogP contribution is 2.20. The summed E-state index contributed by atoms with van der Waals surface area (Å²) in [4.78, 5) is 10.4. The third-order valence-electron chi connectivity index (χ3n) is 0.866. The molecule has 0 aromatic carbocycles. The van der Waals surface area contributed by atoms with Gasteiger partial charge in [-0.05, 0) is 11.6 Å². The maximum Gasteiger partial charge on any atom is 0.228 e. The van der Waals surface area contributed by atoms with Crippen LogP contribution in [0.4, 0.5) is 0 Å². The van der Waals surface area contributed by atoms with Crippen molar-refractivity contribution in [3.05, 3.63) is 0 Å². The van der Waals surface area contributed by atoms with Crippen molar-refractivity contribution in [3.8, 4) is 0 Å². The standard InChI is InChI=1S/C5H8BrClO/c1-5(2,3-6)4(7)8/h3H2,1-2H3. The third kappa shape index (κ3) is 2.14. The van der Waals surface area contributed by atoms with Gasteiger partial charge in [0, 0.05) is 10.7 Å². The fraction of sp³-hybridized carbons (Fsp3) is 0.800. The molecule has 0 aliphatic heterocycles. The molecule has 0 aliphatic carbocycles. The Morgan fingerprint density at radius 2 is 2.12 bits per heavy atom. The maximum absolute atomic E-state index is 10.4. The van der Waals surface area contributed by atoms with E-state index >= 15 is 0 Å². The Kier molecular flexibility index (Phi) is 2.99. The van der Waals surface area contributed by atoms with Crippen molar-refractivity contribution >= 4 is 32.8 Å². The molecule has 0 amide bonds. The Balaban J connectivity index is 3.91. The molecule has 8 heavy (non-hydrogen) atoms. The molecule has 0 rings (SSSR count). The van der Waals surface area contributed by atoms with Crippen LogP contribution in [0.5, 0.6) is 0 Å². The quantitative estimate of drug-likeness (QED) is 0.492. The fourth-order valence-electron chi connectivity index (χ4n) is 0.0525. The summed E-state index contributed by atoms with van der Waals surface area (Å²) in [5.41, 5.74) is -0.415. The van der Waals surface area contributed by atoms with E-state index in [1.165, 1.54) is 0 Å². The molecular formula is C5H8BrClO. The van der Waals surface area contributed by atoms with Gasteiger partial charge >= 0.3 is 0 Å². The zero-order valence-corrected chi connectivity index (χ0v) is 7.21. The van der Waals surface area contributed by atoms with E-state index in [-0.39, 0.29) is 5.24 Å². The Morgan fingerprint density at radius 3 is 2.12 bits per heavy atom. The van der Waals surface area contributed by atoms with Gasteiger partial charge in [0.25, 0.3) is 0 Å². The average Bonchev–Trinajstić information content (AvgIpc) is 1.67. The third-order valence-corrected chi connectivity index (χ3v) is 2.78. The minimum Gasteiger partial charge on any atom is -0.281 e. The van der Waals surface area contributed by atoms with E-state index < -0.39 is 5.41 Å². The molecule has 0 unspecified atom stereocenters. The van der Waals surface area contributed by atoms with Crippen LogP contribution in [0, 0.1) is 5.41 Å². The van der Waals surface area contributed by atoms with Gasteiger partial charge in [0.2, 0.25) is 5.24 Å². The number of halogens is 2. The van der Waals surface area contributed by atoms with Crippen molar-refractivity contribution in [2.24, 2.45) is 5.41 Å². The molecule has 1 nitrogen and oxygen atoms in total. The number of carbonyl (C=O) groups excluding carboxylic acids is 1. The molecule has 0 fully saturated rings. The monoisotopic (exact) mass is 198 g/mol. The molecule has 0 spiro atoms. The summed E-state index contributed by atoms with van der Waals surface area (Å²) in [6.45, 7) is 3.58. The molecule has 0 aromatic rings. The second-order valence-corrected chi connectivity index (χ2v) is 3.20. The Hall–Kier alpha value is 0.440. The summed E-state index contributed by atoms with van der Waals surface area (Å²) in [7, 11) is 0. The summed E-state index contributed by atoms with van der Waals surface area (Å²) >= 11 is 8.37. The molecule has 0 atom stereocenters. The number of hydrogen-bond donors (Lipinski definition) is 0. The van der Waals surface area contributed by atoms with E-state index in [2.05, 4.69) is 15.9 Å². The fourth-order valence-corrected chi connectivity index (χ4v) is 0.535. The topological polar surface area (TPSA) is 17.1 Å². The van der Waals surface area contributed by atoms with Gasteiger partial charge in [-0.2, -0.15) is 0 Å². The normalized spacial score (nSPS) is 11.5. The first-order valence-electron chi connectivity index (χ1n) is 2.26. The molecule has 0 aromatic heterocycles. The smallest absolute Gasteiger partial charge is 0.228 e. The van der Waals surface area contributed by atoms with Gasteiger partial charge in [0.1, 0.15) is 0 Å². The zero-order chi connectivity index (χ0) is 6.78. The summed E-state index contributed by atoms with van der Waals surface area (Å²) in [5.74, 6) is 0. The van der Waals surface area contributed by atoms with E-state index in [4.69, 9.17) is 11.6 Å². The first-order valence-corrected chi connectivity index (χ1v) is 3.76. The number of carbonyl (C=O) groups is 1. The lowest BCUT2D eigenvalue weighted by molar-refractivity contribution is -0.117. The highest BCUT2D eigenvalue weighted by atomic mass is 79.9. The van der Waals surface area contributed by atoms with Gasteiger partial charge in [0.15, 0.2) is 0 Å². The van der Waals surface area contributed by atoms with E-state index in [0.29, 0.717) is 5.33 Å². The van der Waals surface area contributed by atoms with E-state index in [1.807, 2.05) is 0 Å². The molecule has 0 saturated carbocycles. The predicted octanol–water partition coefficient (Wildman–Crippen LogP) is 2.17. The lowest BCUT2D eigenvalue weighted by atomic mass is 9.99. The summed E-state index contributed by atoms with van der Waals surface area (Å²) < 4.78 is 0. The molecular weight excluding hydrogens is 191 g/mol. The second kappa shape index (κ2) is 2.83. The zero-order valence-electron chi connectivity index (χ0n) is 4.87. The Labute approximate surface area is 62.5 Å². The minimum absolute atomic E-state index is 0.297. The average molecular weight is 199 g/mol.